The van der Waals surface area contributed by atoms with Gasteiger partial charge in [0.15, 0.2) is 0 Å². The highest BCUT2D eigenvalue weighted by molar-refractivity contribution is 5.76. The summed E-state index contributed by atoms with van der Waals surface area (Å²) in [6, 6.07) is 0. The van der Waals surface area contributed by atoms with Crippen LogP contribution in [-0.4, -0.2) is 73.2 Å². The molecule has 0 saturated carbocycles. The van der Waals surface area contributed by atoms with Gasteiger partial charge in [0.2, 0.25) is 5.91 Å². The van der Waals surface area contributed by atoms with Gasteiger partial charge in [0, 0.05) is 45.7 Å². The summed E-state index contributed by atoms with van der Waals surface area (Å²) in [7, 11) is 0. The molecule has 94 valence electrons. The lowest BCUT2D eigenvalue weighted by atomic mass is 10.2. The van der Waals surface area contributed by atoms with Crippen molar-refractivity contribution in [2.45, 2.75) is 13.3 Å². The third kappa shape index (κ3) is 4.47. The number of amides is 1. The third-order valence-electron chi connectivity index (χ3n) is 2.91. The Hall–Kier alpha value is -0.650. The van der Waals surface area contributed by atoms with Gasteiger partial charge in [-0.25, -0.2) is 0 Å². The minimum atomic E-state index is 0.203. The van der Waals surface area contributed by atoms with E-state index in [1.165, 1.54) is 0 Å². The molecule has 1 heterocycles. The molecule has 1 saturated heterocycles. The maximum atomic E-state index is 11.8. The van der Waals surface area contributed by atoms with Crippen LogP contribution in [0.3, 0.4) is 0 Å². The van der Waals surface area contributed by atoms with Crippen LogP contribution in [-0.2, 0) is 4.79 Å². The van der Waals surface area contributed by atoms with Gasteiger partial charge in [-0.15, -0.1) is 0 Å². The van der Waals surface area contributed by atoms with Gasteiger partial charge in [-0.05, 0) is 6.54 Å². The number of piperazine rings is 1. The molecule has 0 radical (unpaired) electrons. The lowest BCUT2D eigenvalue weighted by Crippen LogP contribution is -2.49. The number of carbonyl (C=O) groups is 1. The number of nitrogens with zero attached hydrogens (tertiary/aromatic N) is 2. The lowest BCUT2D eigenvalue weighted by molar-refractivity contribution is -0.132. The number of β-amino-alcohol motifs (C(OH)–C–C–N with tert-alkyl or cyclic N) is 1. The van der Waals surface area contributed by atoms with E-state index < -0.39 is 0 Å². The van der Waals surface area contributed by atoms with Crippen molar-refractivity contribution >= 4 is 5.91 Å². The summed E-state index contributed by atoms with van der Waals surface area (Å²) in [5.41, 5.74) is 0. The molecule has 1 rings (SSSR count). The first-order valence-corrected chi connectivity index (χ1v) is 6.09. The summed E-state index contributed by atoms with van der Waals surface area (Å²) in [5.74, 6) is 0.240. The molecule has 1 aliphatic heterocycles. The van der Waals surface area contributed by atoms with Crippen LogP contribution >= 0.6 is 0 Å². The summed E-state index contributed by atoms with van der Waals surface area (Å²) in [6.45, 7) is 8.01. The smallest absolute Gasteiger partial charge is 0.223 e. The van der Waals surface area contributed by atoms with E-state index in [9.17, 15) is 4.79 Å². The summed E-state index contributed by atoms with van der Waals surface area (Å²) >= 11 is 0. The number of rotatable bonds is 6. The fraction of sp³-hybridized carbons (Fsp3) is 0.909. The molecule has 0 unspecified atom stereocenters. The van der Waals surface area contributed by atoms with Gasteiger partial charge in [-0.1, -0.05) is 6.92 Å². The number of aliphatic hydroxyl groups is 1. The highest BCUT2D eigenvalue weighted by Crippen LogP contribution is 2.02. The summed E-state index contributed by atoms with van der Waals surface area (Å²) in [4.78, 5) is 15.9. The average molecular weight is 229 g/mol. The first-order chi connectivity index (χ1) is 7.77. The number of hydrogen-bond acceptors (Lipinski definition) is 4. The van der Waals surface area contributed by atoms with Crippen molar-refractivity contribution in [3.05, 3.63) is 0 Å². The Bertz CT molecular complexity index is 203. The van der Waals surface area contributed by atoms with Gasteiger partial charge < -0.3 is 15.3 Å². The number of hydrogen-bond donors (Lipinski definition) is 2. The van der Waals surface area contributed by atoms with Crippen LogP contribution in [0.5, 0.6) is 0 Å². The first kappa shape index (κ1) is 13.4. The fourth-order valence-electron chi connectivity index (χ4n) is 1.89. The zero-order valence-electron chi connectivity index (χ0n) is 10.1. The monoisotopic (exact) mass is 229 g/mol. The molecule has 5 nitrogen and oxygen atoms in total. The Labute approximate surface area is 97.4 Å². The maximum absolute atomic E-state index is 11.8. The Morgan fingerprint density at radius 3 is 2.56 bits per heavy atom. The predicted octanol–water partition coefficient (Wildman–Crippen LogP) is -0.877. The van der Waals surface area contributed by atoms with E-state index in [1.54, 1.807) is 0 Å². The molecule has 5 heteroatoms. The minimum absolute atomic E-state index is 0.203. The second-order valence-corrected chi connectivity index (χ2v) is 4.05. The zero-order valence-corrected chi connectivity index (χ0v) is 10.1. The van der Waals surface area contributed by atoms with Gasteiger partial charge in [-0.2, -0.15) is 0 Å². The van der Waals surface area contributed by atoms with Crippen LogP contribution in [0.25, 0.3) is 0 Å². The molecule has 1 aliphatic rings. The number of nitrogens with one attached hydrogen (secondary N) is 1. The van der Waals surface area contributed by atoms with Crippen LogP contribution in [0, 0.1) is 0 Å². The van der Waals surface area contributed by atoms with E-state index in [1.807, 2.05) is 11.8 Å². The van der Waals surface area contributed by atoms with Crippen molar-refractivity contribution in [1.82, 2.24) is 15.1 Å². The van der Waals surface area contributed by atoms with Crippen molar-refractivity contribution in [3.8, 4) is 0 Å². The molecule has 0 aromatic rings. The minimum Gasteiger partial charge on any atom is -0.395 e. The second kappa shape index (κ2) is 7.60. The van der Waals surface area contributed by atoms with E-state index in [0.717, 1.165) is 45.8 Å². The van der Waals surface area contributed by atoms with Crippen LogP contribution in [0.2, 0.25) is 0 Å². The topological polar surface area (TPSA) is 55.8 Å². The van der Waals surface area contributed by atoms with Crippen LogP contribution in [0.15, 0.2) is 0 Å². The normalized spacial score (nSPS) is 17.8. The van der Waals surface area contributed by atoms with Crippen molar-refractivity contribution in [2.75, 3.05) is 52.4 Å². The van der Waals surface area contributed by atoms with Crippen LogP contribution < -0.4 is 5.32 Å². The van der Waals surface area contributed by atoms with E-state index >= 15 is 0 Å². The molecule has 1 fully saturated rings. The highest BCUT2D eigenvalue weighted by Gasteiger charge is 2.19. The molecule has 0 bridgehead atoms. The molecule has 16 heavy (non-hydrogen) atoms. The lowest BCUT2D eigenvalue weighted by Gasteiger charge is -2.34. The van der Waals surface area contributed by atoms with Gasteiger partial charge >= 0.3 is 0 Å². The molecule has 1 amide bonds. The molecular weight excluding hydrogens is 206 g/mol. The molecule has 0 aromatic heterocycles. The van der Waals surface area contributed by atoms with Crippen molar-refractivity contribution in [1.29, 1.82) is 0 Å². The van der Waals surface area contributed by atoms with Gasteiger partial charge in [0.1, 0.15) is 0 Å². The summed E-state index contributed by atoms with van der Waals surface area (Å²) in [5, 5.41) is 12.0. The molecule has 0 aliphatic carbocycles. The molecule has 0 aromatic carbocycles. The van der Waals surface area contributed by atoms with E-state index in [2.05, 4.69) is 10.2 Å². The van der Waals surface area contributed by atoms with Crippen molar-refractivity contribution in [3.63, 3.8) is 0 Å². The van der Waals surface area contributed by atoms with Crippen molar-refractivity contribution in [2.24, 2.45) is 0 Å². The molecule has 0 spiro atoms. The van der Waals surface area contributed by atoms with E-state index in [4.69, 9.17) is 5.11 Å². The average Bonchev–Trinajstić information content (AvgIpc) is 2.30. The van der Waals surface area contributed by atoms with E-state index in [-0.39, 0.29) is 12.5 Å². The summed E-state index contributed by atoms with van der Waals surface area (Å²) < 4.78 is 0. The largest absolute Gasteiger partial charge is 0.395 e. The Kier molecular flexibility index (Phi) is 6.37. The van der Waals surface area contributed by atoms with Gasteiger partial charge in [0.05, 0.1) is 6.61 Å². The summed E-state index contributed by atoms with van der Waals surface area (Å²) in [6.07, 6.45) is 0.591. The second-order valence-electron chi connectivity index (χ2n) is 4.05. The third-order valence-corrected chi connectivity index (χ3v) is 2.91. The first-order valence-electron chi connectivity index (χ1n) is 6.09. The SMILES string of the molecule is CCNCCC(=O)N1CCN(CCO)CC1. The van der Waals surface area contributed by atoms with Gasteiger partial charge in [0.25, 0.3) is 0 Å². The molecule has 0 atom stereocenters. The quantitative estimate of drug-likeness (QED) is 0.581. The standard InChI is InChI=1S/C11H23N3O2/c1-2-12-4-3-11(16)14-7-5-13(6-8-14)9-10-15/h12,15H,2-10H2,1H3. The Morgan fingerprint density at radius 1 is 1.31 bits per heavy atom. The molecular formula is C11H23N3O2. The number of aliphatic hydroxyl groups excluding tert-OH is 1. The van der Waals surface area contributed by atoms with Crippen LogP contribution in [0.1, 0.15) is 13.3 Å². The molecule has 2 N–H and O–H groups in total. The van der Waals surface area contributed by atoms with Crippen LogP contribution in [0.4, 0.5) is 0 Å². The Balaban J connectivity index is 2.17. The number of carbonyl (C=O) groups excluding carboxylic acids is 1. The van der Waals surface area contributed by atoms with Crippen molar-refractivity contribution < 1.29 is 9.90 Å². The predicted molar refractivity (Wildman–Crippen MR) is 63.3 cm³/mol. The fourth-order valence-corrected chi connectivity index (χ4v) is 1.89. The highest BCUT2D eigenvalue weighted by atomic mass is 16.3. The zero-order chi connectivity index (χ0) is 11.8. The van der Waals surface area contributed by atoms with E-state index in [0.29, 0.717) is 6.42 Å². The Morgan fingerprint density at radius 2 is 2.00 bits per heavy atom. The maximum Gasteiger partial charge on any atom is 0.223 e. The van der Waals surface area contributed by atoms with Gasteiger partial charge in [-0.3, -0.25) is 9.69 Å².